The minimum atomic E-state index is -1.15. The normalized spacial score (nSPS) is 16.1. The van der Waals surface area contributed by atoms with Crippen LogP contribution in [0.5, 0.6) is 5.75 Å². The van der Waals surface area contributed by atoms with Gasteiger partial charge < -0.3 is 10.5 Å². The molecule has 1 aromatic carbocycles. The lowest BCUT2D eigenvalue weighted by molar-refractivity contribution is 0.0991. The van der Waals surface area contributed by atoms with E-state index in [1.54, 1.807) is 0 Å². The van der Waals surface area contributed by atoms with Crippen molar-refractivity contribution >= 4 is 5.91 Å². The fraction of sp³-hybridized carbons (Fsp3) is 0.417. The summed E-state index contributed by atoms with van der Waals surface area (Å²) in [7, 11) is 0. The molecule has 0 bridgehead atoms. The second-order valence-electron chi connectivity index (χ2n) is 4.13. The fourth-order valence-electron chi connectivity index (χ4n) is 2.01. The molecular weight excluding hydrogens is 228 g/mol. The Hall–Kier alpha value is -1.65. The molecule has 0 saturated heterocycles. The highest BCUT2D eigenvalue weighted by Crippen LogP contribution is 2.30. The molecule has 0 heterocycles. The quantitative estimate of drug-likeness (QED) is 0.883. The molecule has 1 saturated carbocycles. The number of nitrogens with two attached hydrogens (primary N) is 1. The van der Waals surface area contributed by atoms with Crippen molar-refractivity contribution in [1.29, 1.82) is 0 Å². The van der Waals surface area contributed by atoms with Crippen LogP contribution in [-0.2, 0) is 0 Å². The topological polar surface area (TPSA) is 52.3 Å². The summed E-state index contributed by atoms with van der Waals surface area (Å²) in [6.45, 7) is 0. The summed E-state index contributed by atoms with van der Waals surface area (Å²) in [4.78, 5) is 11.1. The van der Waals surface area contributed by atoms with Crippen molar-refractivity contribution < 1.29 is 18.3 Å². The number of amides is 1. The zero-order valence-electron chi connectivity index (χ0n) is 9.21. The highest BCUT2D eigenvalue weighted by Gasteiger charge is 2.23. The van der Waals surface area contributed by atoms with E-state index in [1.807, 2.05) is 0 Å². The van der Waals surface area contributed by atoms with Crippen molar-refractivity contribution in [2.75, 3.05) is 0 Å². The van der Waals surface area contributed by atoms with Gasteiger partial charge in [-0.05, 0) is 37.8 Å². The molecule has 17 heavy (non-hydrogen) atoms. The van der Waals surface area contributed by atoms with E-state index in [9.17, 15) is 13.6 Å². The monoisotopic (exact) mass is 241 g/mol. The summed E-state index contributed by atoms with van der Waals surface area (Å²) in [5.41, 5.74) is 4.98. The van der Waals surface area contributed by atoms with Gasteiger partial charge in [0.2, 0.25) is 5.82 Å². The van der Waals surface area contributed by atoms with Crippen LogP contribution in [0, 0.1) is 11.6 Å². The van der Waals surface area contributed by atoms with Crippen LogP contribution in [0.3, 0.4) is 0 Å². The maximum Gasteiger partial charge on any atom is 0.252 e. The summed E-state index contributed by atoms with van der Waals surface area (Å²) < 4.78 is 32.0. The second kappa shape index (κ2) is 4.69. The van der Waals surface area contributed by atoms with E-state index in [-0.39, 0.29) is 17.4 Å². The first-order valence-corrected chi connectivity index (χ1v) is 5.54. The van der Waals surface area contributed by atoms with Crippen LogP contribution in [0.25, 0.3) is 0 Å². The Morgan fingerprint density at radius 1 is 1.29 bits per heavy atom. The van der Waals surface area contributed by atoms with E-state index in [2.05, 4.69) is 0 Å². The Morgan fingerprint density at radius 2 is 1.94 bits per heavy atom. The third kappa shape index (κ3) is 2.38. The number of halogens is 2. The number of carbonyl (C=O) groups excluding carboxylic acids is 1. The summed E-state index contributed by atoms with van der Waals surface area (Å²) in [5.74, 6) is -3.36. The van der Waals surface area contributed by atoms with Gasteiger partial charge in [-0.2, -0.15) is 4.39 Å². The molecule has 1 aliphatic carbocycles. The molecule has 2 N–H and O–H groups in total. The molecule has 0 aromatic heterocycles. The van der Waals surface area contributed by atoms with Crippen LogP contribution in [0.4, 0.5) is 8.78 Å². The standard InChI is InChI=1S/C12H13F2NO2/c13-9-6-5-8(12(15)16)11(10(9)14)17-7-3-1-2-4-7/h5-7H,1-4H2,(H2,15,16). The predicted octanol–water partition coefficient (Wildman–Crippen LogP) is 2.39. The SMILES string of the molecule is NC(=O)c1ccc(F)c(F)c1OC1CCCC1. The van der Waals surface area contributed by atoms with Gasteiger partial charge in [-0.15, -0.1) is 0 Å². The van der Waals surface area contributed by atoms with Gasteiger partial charge in [0.15, 0.2) is 11.6 Å². The van der Waals surface area contributed by atoms with Crippen molar-refractivity contribution in [2.24, 2.45) is 5.73 Å². The van der Waals surface area contributed by atoms with Gasteiger partial charge in [0.05, 0.1) is 11.7 Å². The molecule has 0 radical (unpaired) electrons. The number of rotatable bonds is 3. The maximum atomic E-state index is 13.6. The number of carbonyl (C=O) groups is 1. The van der Waals surface area contributed by atoms with E-state index in [4.69, 9.17) is 10.5 Å². The van der Waals surface area contributed by atoms with Gasteiger partial charge in [0.25, 0.3) is 5.91 Å². The van der Waals surface area contributed by atoms with Crippen LogP contribution >= 0.6 is 0 Å². The van der Waals surface area contributed by atoms with Crippen LogP contribution in [0.2, 0.25) is 0 Å². The molecule has 5 heteroatoms. The number of primary amides is 1. The van der Waals surface area contributed by atoms with E-state index >= 15 is 0 Å². The smallest absolute Gasteiger partial charge is 0.252 e. The van der Waals surface area contributed by atoms with Gasteiger partial charge in [-0.1, -0.05) is 0 Å². The minimum absolute atomic E-state index is 0.115. The molecule has 1 fully saturated rings. The van der Waals surface area contributed by atoms with Gasteiger partial charge >= 0.3 is 0 Å². The molecule has 92 valence electrons. The van der Waals surface area contributed by atoms with Gasteiger partial charge in [0, 0.05) is 0 Å². The van der Waals surface area contributed by atoms with Crippen LogP contribution in [0.1, 0.15) is 36.0 Å². The third-order valence-corrected chi connectivity index (χ3v) is 2.90. The summed E-state index contributed by atoms with van der Waals surface area (Å²) in [6.07, 6.45) is 3.40. The lowest BCUT2D eigenvalue weighted by atomic mass is 10.1. The molecule has 0 unspecified atom stereocenters. The fourth-order valence-corrected chi connectivity index (χ4v) is 2.01. The first kappa shape index (κ1) is 11.8. The molecule has 2 rings (SSSR count). The molecule has 0 aliphatic heterocycles. The Morgan fingerprint density at radius 3 is 2.53 bits per heavy atom. The average molecular weight is 241 g/mol. The molecular formula is C12H13F2NO2. The Bertz CT molecular complexity index is 442. The minimum Gasteiger partial charge on any atom is -0.486 e. The van der Waals surface area contributed by atoms with Crippen molar-refractivity contribution in [3.05, 3.63) is 29.3 Å². The van der Waals surface area contributed by atoms with E-state index in [1.165, 1.54) is 0 Å². The van der Waals surface area contributed by atoms with E-state index in [0.29, 0.717) is 0 Å². The largest absolute Gasteiger partial charge is 0.486 e. The lowest BCUT2D eigenvalue weighted by Gasteiger charge is -2.16. The molecule has 1 amide bonds. The third-order valence-electron chi connectivity index (χ3n) is 2.90. The summed E-state index contributed by atoms with van der Waals surface area (Å²) in [6, 6.07) is 2.02. The Balaban J connectivity index is 2.34. The van der Waals surface area contributed by atoms with Crippen LogP contribution < -0.4 is 10.5 Å². The highest BCUT2D eigenvalue weighted by atomic mass is 19.2. The Kier molecular flexibility index (Phi) is 3.26. The van der Waals surface area contributed by atoms with Gasteiger partial charge in [-0.3, -0.25) is 4.79 Å². The number of ether oxygens (including phenoxy) is 1. The number of benzene rings is 1. The Labute approximate surface area is 97.6 Å². The number of hydrogen-bond acceptors (Lipinski definition) is 2. The molecule has 1 aliphatic rings. The molecule has 0 atom stereocenters. The average Bonchev–Trinajstić information content (AvgIpc) is 2.77. The predicted molar refractivity (Wildman–Crippen MR) is 57.8 cm³/mol. The maximum absolute atomic E-state index is 13.6. The van der Waals surface area contributed by atoms with Crippen molar-refractivity contribution in [3.63, 3.8) is 0 Å². The zero-order chi connectivity index (χ0) is 12.4. The van der Waals surface area contributed by atoms with Crippen LogP contribution in [0.15, 0.2) is 12.1 Å². The first-order valence-electron chi connectivity index (χ1n) is 5.54. The molecule has 0 spiro atoms. The number of hydrogen-bond donors (Lipinski definition) is 1. The zero-order valence-corrected chi connectivity index (χ0v) is 9.21. The summed E-state index contributed by atoms with van der Waals surface area (Å²) in [5, 5.41) is 0. The van der Waals surface area contributed by atoms with E-state index < -0.39 is 17.5 Å². The van der Waals surface area contributed by atoms with Crippen molar-refractivity contribution in [1.82, 2.24) is 0 Å². The van der Waals surface area contributed by atoms with Gasteiger partial charge in [-0.25, -0.2) is 4.39 Å². The molecule has 3 nitrogen and oxygen atoms in total. The first-order chi connectivity index (χ1) is 8.09. The lowest BCUT2D eigenvalue weighted by Crippen LogP contribution is -2.19. The molecule has 1 aromatic rings. The second-order valence-corrected chi connectivity index (χ2v) is 4.13. The van der Waals surface area contributed by atoms with Crippen LogP contribution in [-0.4, -0.2) is 12.0 Å². The van der Waals surface area contributed by atoms with Crippen molar-refractivity contribution in [3.8, 4) is 5.75 Å². The summed E-state index contributed by atoms with van der Waals surface area (Å²) >= 11 is 0. The van der Waals surface area contributed by atoms with Crippen molar-refractivity contribution in [2.45, 2.75) is 31.8 Å². The van der Waals surface area contributed by atoms with Gasteiger partial charge in [0.1, 0.15) is 0 Å². The highest BCUT2D eigenvalue weighted by molar-refractivity contribution is 5.95. The van der Waals surface area contributed by atoms with E-state index in [0.717, 1.165) is 37.8 Å².